The molecule has 1 atom stereocenters. The van der Waals surface area contributed by atoms with Crippen LogP contribution in [-0.4, -0.2) is 47.3 Å². The van der Waals surface area contributed by atoms with E-state index in [-0.39, 0.29) is 18.6 Å². The van der Waals surface area contributed by atoms with Crippen molar-refractivity contribution >= 4 is 5.97 Å². The van der Waals surface area contributed by atoms with E-state index in [2.05, 4.69) is 0 Å². The second-order valence-electron chi connectivity index (χ2n) is 4.66. The highest BCUT2D eigenvalue weighted by Crippen LogP contribution is 2.51. The van der Waals surface area contributed by atoms with Crippen LogP contribution in [0.4, 0.5) is 0 Å². The maximum atomic E-state index is 10.6. The Hall–Kier alpha value is -0.610. The third-order valence-electron chi connectivity index (χ3n) is 3.81. The summed E-state index contributed by atoms with van der Waals surface area (Å²) in [5, 5.41) is 17.9. The number of carboxylic acid groups (broad SMARTS) is 1. The molecule has 1 saturated heterocycles. The highest BCUT2D eigenvalue weighted by molar-refractivity contribution is 5.69. The number of carbonyl (C=O) groups is 1. The fraction of sp³-hybridized carbons (Fsp3) is 0.900. The third kappa shape index (κ3) is 1.53. The molecule has 0 bridgehead atoms. The lowest BCUT2D eigenvalue weighted by molar-refractivity contribution is -0.138. The van der Waals surface area contributed by atoms with Gasteiger partial charge in [0.2, 0.25) is 0 Å². The molecule has 2 aliphatic rings. The van der Waals surface area contributed by atoms with Gasteiger partial charge in [0.15, 0.2) is 0 Å². The second-order valence-corrected chi connectivity index (χ2v) is 4.66. The first-order valence-corrected chi connectivity index (χ1v) is 5.21. The van der Waals surface area contributed by atoms with Crippen LogP contribution in [0.2, 0.25) is 0 Å². The average Bonchev–Trinajstić information content (AvgIpc) is 2.41. The summed E-state index contributed by atoms with van der Waals surface area (Å²) in [5.74, 6) is -0.464. The Labute approximate surface area is 83.5 Å². The zero-order valence-corrected chi connectivity index (χ0v) is 8.28. The van der Waals surface area contributed by atoms with Crippen molar-refractivity contribution in [2.24, 2.45) is 11.3 Å². The van der Waals surface area contributed by atoms with Crippen molar-refractivity contribution < 1.29 is 15.0 Å². The fourth-order valence-electron chi connectivity index (χ4n) is 2.90. The molecule has 2 rings (SSSR count). The molecule has 1 saturated carbocycles. The van der Waals surface area contributed by atoms with Gasteiger partial charge in [0.25, 0.3) is 0 Å². The first-order valence-electron chi connectivity index (χ1n) is 5.21. The molecule has 4 nitrogen and oxygen atoms in total. The lowest BCUT2D eigenvalue weighted by atomic mass is 9.63. The van der Waals surface area contributed by atoms with Crippen molar-refractivity contribution in [1.29, 1.82) is 0 Å². The molecule has 0 radical (unpaired) electrons. The van der Waals surface area contributed by atoms with E-state index in [1.54, 1.807) is 0 Å². The molecular formula is C10H17NO3. The van der Waals surface area contributed by atoms with Crippen LogP contribution in [0.3, 0.4) is 0 Å². The standard InChI is InChI=1S/C10H17NO3/c12-6-8-4-11(5-9(13)14)7-10(8)2-1-3-10/h8,12H,1-7H2,(H,13,14)/t8-/m0/s1. The van der Waals surface area contributed by atoms with Crippen LogP contribution in [0.25, 0.3) is 0 Å². The molecule has 0 aromatic carbocycles. The summed E-state index contributed by atoms with van der Waals surface area (Å²) < 4.78 is 0. The van der Waals surface area contributed by atoms with Gasteiger partial charge < -0.3 is 10.2 Å². The highest BCUT2D eigenvalue weighted by Gasteiger charge is 2.49. The van der Waals surface area contributed by atoms with Gasteiger partial charge in [0.05, 0.1) is 6.54 Å². The number of aliphatic hydroxyl groups excluding tert-OH is 1. The molecule has 0 unspecified atom stereocenters. The summed E-state index contributed by atoms with van der Waals surface area (Å²) in [4.78, 5) is 12.5. The van der Waals surface area contributed by atoms with E-state index in [1.165, 1.54) is 6.42 Å². The molecule has 2 fully saturated rings. The van der Waals surface area contributed by atoms with Gasteiger partial charge in [-0.3, -0.25) is 9.69 Å². The Morgan fingerprint density at radius 1 is 1.50 bits per heavy atom. The second kappa shape index (κ2) is 3.51. The number of aliphatic hydroxyl groups is 1. The van der Waals surface area contributed by atoms with E-state index in [1.807, 2.05) is 4.90 Å². The number of nitrogens with zero attached hydrogens (tertiary/aromatic N) is 1. The van der Waals surface area contributed by atoms with E-state index >= 15 is 0 Å². The molecular weight excluding hydrogens is 182 g/mol. The maximum Gasteiger partial charge on any atom is 0.317 e. The first-order chi connectivity index (χ1) is 6.66. The van der Waals surface area contributed by atoms with Gasteiger partial charge in [-0.1, -0.05) is 6.42 Å². The van der Waals surface area contributed by atoms with Gasteiger partial charge >= 0.3 is 5.97 Å². The Bertz CT molecular complexity index is 238. The number of likely N-dealkylation sites (tertiary alicyclic amines) is 1. The minimum atomic E-state index is -0.766. The number of hydrogen-bond acceptors (Lipinski definition) is 3. The summed E-state index contributed by atoms with van der Waals surface area (Å²) in [7, 11) is 0. The van der Waals surface area contributed by atoms with Crippen LogP contribution in [-0.2, 0) is 4.79 Å². The van der Waals surface area contributed by atoms with E-state index in [9.17, 15) is 9.90 Å². The zero-order chi connectivity index (χ0) is 10.2. The summed E-state index contributed by atoms with van der Waals surface area (Å²) >= 11 is 0. The van der Waals surface area contributed by atoms with Gasteiger partial charge in [-0.25, -0.2) is 0 Å². The van der Waals surface area contributed by atoms with Gasteiger partial charge in [0.1, 0.15) is 0 Å². The Morgan fingerprint density at radius 2 is 2.21 bits per heavy atom. The summed E-state index contributed by atoms with van der Waals surface area (Å²) in [5.41, 5.74) is 0.254. The number of aliphatic carboxylic acids is 1. The normalized spacial score (nSPS) is 30.5. The quantitative estimate of drug-likeness (QED) is 0.680. The van der Waals surface area contributed by atoms with Crippen LogP contribution in [0, 0.1) is 11.3 Å². The van der Waals surface area contributed by atoms with Crippen LogP contribution in [0.1, 0.15) is 19.3 Å². The van der Waals surface area contributed by atoms with Crippen LogP contribution in [0.15, 0.2) is 0 Å². The predicted molar refractivity (Wildman–Crippen MR) is 50.9 cm³/mol. The van der Waals surface area contributed by atoms with Crippen molar-refractivity contribution in [1.82, 2.24) is 4.90 Å². The molecule has 1 aliphatic heterocycles. The van der Waals surface area contributed by atoms with E-state index in [0.717, 1.165) is 25.9 Å². The summed E-state index contributed by atoms with van der Waals surface area (Å²) in [6.07, 6.45) is 3.56. The zero-order valence-electron chi connectivity index (χ0n) is 8.28. The minimum Gasteiger partial charge on any atom is -0.480 e. The molecule has 0 aromatic rings. The predicted octanol–water partition coefficient (Wildman–Crippen LogP) is 0.165. The lowest BCUT2D eigenvalue weighted by Crippen LogP contribution is -2.39. The van der Waals surface area contributed by atoms with Crippen molar-refractivity contribution in [3.63, 3.8) is 0 Å². The Balaban J connectivity index is 1.97. The van der Waals surface area contributed by atoms with Crippen molar-refractivity contribution in [2.45, 2.75) is 19.3 Å². The van der Waals surface area contributed by atoms with Crippen molar-refractivity contribution in [3.05, 3.63) is 0 Å². The maximum absolute atomic E-state index is 10.6. The molecule has 1 heterocycles. The molecule has 1 spiro atoms. The van der Waals surface area contributed by atoms with Gasteiger partial charge in [-0.2, -0.15) is 0 Å². The van der Waals surface area contributed by atoms with Gasteiger partial charge in [-0.05, 0) is 18.3 Å². The Morgan fingerprint density at radius 3 is 2.57 bits per heavy atom. The van der Waals surface area contributed by atoms with Crippen LogP contribution in [0.5, 0.6) is 0 Å². The number of hydrogen-bond donors (Lipinski definition) is 2. The Kier molecular flexibility index (Phi) is 2.49. The topological polar surface area (TPSA) is 60.8 Å². The average molecular weight is 199 g/mol. The number of carboxylic acids is 1. The fourth-order valence-corrected chi connectivity index (χ4v) is 2.90. The third-order valence-corrected chi connectivity index (χ3v) is 3.81. The van der Waals surface area contributed by atoms with E-state index < -0.39 is 5.97 Å². The highest BCUT2D eigenvalue weighted by atomic mass is 16.4. The molecule has 0 amide bonds. The molecule has 0 aromatic heterocycles. The van der Waals surface area contributed by atoms with Crippen molar-refractivity contribution in [3.8, 4) is 0 Å². The SMILES string of the molecule is O=C(O)CN1C[C@@H](CO)C2(CCC2)C1. The summed E-state index contributed by atoms with van der Waals surface area (Å²) in [6, 6.07) is 0. The largest absolute Gasteiger partial charge is 0.480 e. The van der Waals surface area contributed by atoms with E-state index in [4.69, 9.17) is 5.11 Å². The van der Waals surface area contributed by atoms with Crippen LogP contribution >= 0.6 is 0 Å². The molecule has 2 N–H and O–H groups in total. The lowest BCUT2D eigenvalue weighted by Gasteiger charge is -2.42. The van der Waals surface area contributed by atoms with Crippen LogP contribution < -0.4 is 0 Å². The molecule has 80 valence electrons. The molecule has 14 heavy (non-hydrogen) atoms. The van der Waals surface area contributed by atoms with E-state index in [0.29, 0.717) is 5.92 Å². The molecule has 4 heteroatoms. The van der Waals surface area contributed by atoms with Gasteiger partial charge in [0, 0.05) is 25.6 Å². The monoisotopic (exact) mass is 199 g/mol. The van der Waals surface area contributed by atoms with Crippen molar-refractivity contribution in [2.75, 3.05) is 26.2 Å². The summed E-state index contributed by atoms with van der Waals surface area (Å²) in [6.45, 7) is 1.95. The minimum absolute atomic E-state index is 0.123. The number of rotatable bonds is 3. The molecule has 1 aliphatic carbocycles. The first kappa shape index (κ1) is 9.93. The smallest absolute Gasteiger partial charge is 0.317 e. The van der Waals surface area contributed by atoms with Gasteiger partial charge in [-0.15, -0.1) is 0 Å².